The van der Waals surface area contributed by atoms with Crippen LogP contribution in [0.5, 0.6) is 0 Å². The third-order valence-electron chi connectivity index (χ3n) is 8.10. The normalized spacial score (nSPS) is 23.1. The molecule has 0 bridgehead atoms. The maximum atomic E-state index is 3.93. The minimum absolute atomic E-state index is 0.118. The lowest BCUT2D eigenvalue weighted by Crippen LogP contribution is -2.53. The second-order valence-electron chi connectivity index (χ2n) is 15.6. The Bertz CT molecular complexity index is 874. The van der Waals surface area contributed by atoms with E-state index in [-0.39, 0.29) is 26.7 Å². The summed E-state index contributed by atoms with van der Waals surface area (Å²) in [6, 6.07) is 5.33. The maximum Gasteiger partial charge on any atom is 0.0413 e. The zero-order chi connectivity index (χ0) is 28.5. The van der Waals surface area contributed by atoms with Crippen molar-refractivity contribution in [1.82, 2.24) is 21.3 Å². The van der Waals surface area contributed by atoms with Gasteiger partial charge >= 0.3 is 0 Å². The average Bonchev–Trinajstić information content (AvgIpc) is 2.79. The molecule has 2 heterocycles. The fourth-order valence-corrected chi connectivity index (χ4v) is 12.9. The number of hydrogen-bond donors (Lipinski definition) is 4. The Kier molecular flexibility index (Phi) is 10.6. The lowest BCUT2D eigenvalue weighted by atomic mass is 9.74. The van der Waals surface area contributed by atoms with E-state index in [1.54, 1.807) is 22.3 Å². The van der Waals surface area contributed by atoms with Crippen LogP contribution in [0.2, 0.25) is 0 Å². The summed E-state index contributed by atoms with van der Waals surface area (Å²) in [5.74, 6) is 1.10. The number of hydrogen-bond acceptors (Lipinski definition) is 4. The van der Waals surface area contributed by atoms with Gasteiger partial charge in [0.25, 0.3) is 0 Å². The molecule has 2 aliphatic heterocycles. The molecule has 38 heavy (non-hydrogen) atoms. The highest BCUT2D eigenvalue weighted by Gasteiger charge is 2.37. The number of nitrogens with one attached hydrogen (secondary N) is 4. The van der Waals surface area contributed by atoms with E-state index in [4.69, 9.17) is 0 Å². The third kappa shape index (κ3) is 8.47. The van der Waals surface area contributed by atoms with Gasteiger partial charge in [-0.05, 0) is 55.7 Å². The number of rotatable bonds is 6. The summed E-state index contributed by atoms with van der Waals surface area (Å²) >= 11 is 0. The lowest BCUT2D eigenvalue weighted by molar-refractivity contribution is 0.472. The Morgan fingerprint density at radius 1 is 0.605 bits per heavy atom. The van der Waals surface area contributed by atoms with E-state index in [2.05, 4.69) is 116 Å². The Morgan fingerprint density at radius 3 is 1.32 bits per heavy atom. The molecule has 4 N–H and O–H groups in total. The highest BCUT2D eigenvalue weighted by atomic mass is 31.1. The van der Waals surface area contributed by atoms with Crippen molar-refractivity contribution in [1.29, 1.82) is 0 Å². The smallest absolute Gasteiger partial charge is 0.0413 e. The van der Waals surface area contributed by atoms with Crippen molar-refractivity contribution in [2.45, 2.75) is 128 Å². The Morgan fingerprint density at radius 2 is 1.00 bits per heavy atom. The first-order chi connectivity index (χ1) is 17.4. The molecular weight excluding hydrogens is 502 g/mol. The molecule has 0 radical (unpaired) electrons. The van der Waals surface area contributed by atoms with Crippen LogP contribution < -0.4 is 21.3 Å². The van der Waals surface area contributed by atoms with Gasteiger partial charge in [-0.1, -0.05) is 111 Å². The van der Waals surface area contributed by atoms with Gasteiger partial charge in [0.05, 0.1) is 0 Å². The molecule has 4 nitrogen and oxygen atoms in total. The van der Waals surface area contributed by atoms with E-state index in [0.29, 0.717) is 21.9 Å². The molecule has 1 aromatic carbocycles. The predicted molar refractivity (Wildman–Crippen MR) is 174 cm³/mol. The van der Waals surface area contributed by atoms with E-state index < -0.39 is 0 Å². The first-order valence-corrected chi connectivity index (χ1v) is 18.2. The van der Waals surface area contributed by atoms with Crippen LogP contribution in [0.15, 0.2) is 12.1 Å². The third-order valence-corrected chi connectivity index (χ3v) is 15.0. The quantitative estimate of drug-likeness (QED) is 0.286. The molecule has 3 rings (SSSR count). The zero-order valence-corrected chi connectivity index (χ0v) is 28.6. The summed E-state index contributed by atoms with van der Waals surface area (Å²) in [5.41, 5.74) is 6.57. The molecule has 6 heteroatoms. The summed E-state index contributed by atoms with van der Waals surface area (Å²) < 4.78 is 0. The summed E-state index contributed by atoms with van der Waals surface area (Å²) in [7, 11) is -0.521. The van der Waals surface area contributed by atoms with Gasteiger partial charge < -0.3 is 21.3 Å². The highest BCUT2D eigenvalue weighted by molar-refractivity contribution is 7.60. The molecular formula is C32H60N4P2. The van der Waals surface area contributed by atoms with Gasteiger partial charge in [-0.3, -0.25) is 0 Å². The minimum Gasteiger partial charge on any atom is -0.314 e. The van der Waals surface area contributed by atoms with E-state index in [1.807, 2.05) is 0 Å². The highest BCUT2D eigenvalue weighted by Crippen LogP contribution is 2.62. The van der Waals surface area contributed by atoms with E-state index >= 15 is 0 Å². The molecule has 2 fully saturated rings. The van der Waals surface area contributed by atoms with Gasteiger partial charge in [-0.15, -0.1) is 0 Å². The largest absolute Gasteiger partial charge is 0.314 e. The monoisotopic (exact) mass is 562 g/mol. The van der Waals surface area contributed by atoms with Crippen molar-refractivity contribution >= 4 is 15.8 Å². The van der Waals surface area contributed by atoms with E-state index in [9.17, 15) is 0 Å². The van der Waals surface area contributed by atoms with E-state index in [1.165, 1.54) is 12.3 Å². The van der Waals surface area contributed by atoms with Crippen LogP contribution in [0, 0.1) is 0 Å². The molecule has 1 aromatic rings. The molecule has 0 aliphatic carbocycles. The fourth-order valence-electron chi connectivity index (χ4n) is 6.26. The van der Waals surface area contributed by atoms with Crippen LogP contribution in [0.25, 0.3) is 0 Å². The molecule has 218 valence electrons. The predicted octanol–water partition coefficient (Wildman–Crippen LogP) is 6.88. The average molecular weight is 563 g/mol. The summed E-state index contributed by atoms with van der Waals surface area (Å²) in [5, 5.41) is 15.9. The maximum absolute atomic E-state index is 3.93. The molecule has 0 saturated carbocycles. The first kappa shape index (κ1) is 32.4. The van der Waals surface area contributed by atoms with Crippen LogP contribution in [0.4, 0.5) is 0 Å². The first-order valence-electron chi connectivity index (χ1n) is 15.0. The van der Waals surface area contributed by atoms with Crippen LogP contribution in [-0.2, 0) is 23.2 Å². The number of piperazine rings is 2. The van der Waals surface area contributed by atoms with Crippen LogP contribution in [-0.4, -0.2) is 61.1 Å². The second-order valence-corrected chi connectivity index (χ2v) is 22.1. The SMILES string of the molecule is CC(C)(C)c1cc(CP(C2CNCCN2)C2CNCCN2)c(CP(C(C)(C)C)C(C)(C)C)cc1C(C)(C)C. The molecule has 2 unspecified atom stereocenters. The molecule has 0 aromatic heterocycles. The van der Waals surface area contributed by atoms with E-state index in [0.717, 1.165) is 39.3 Å². The summed E-state index contributed by atoms with van der Waals surface area (Å²) in [4.78, 5) is 0. The lowest BCUT2D eigenvalue weighted by Gasteiger charge is -2.43. The minimum atomic E-state index is -0.297. The molecule has 2 aliphatic rings. The van der Waals surface area contributed by atoms with Crippen LogP contribution >= 0.6 is 15.8 Å². The van der Waals surface area contributed by atoms with Crippen molar-refractivity contribution in [2.24, 2.45) is 0 Å². The van der Waals surface area contributed by atoms with Gasteiger partial charge in [0.1, 0.15) is 0 Å². The molecule has 0 spiro atoms. The van der Waals surface area contributed by atoms with Crippen molar-refractivity contribution in [2.75, 3.05) is 39.3 Å². The molecule has 2 saturated heterocycles. The Balaban J connectivity index is 2.16. The molecule has 2 atom stereocenters. The van der Waals surface area contributed by atoms with Crippen molar-refractivity contribution in [3.8, 4) is 0 Å². The van der Waals surface area contributed by atoms with Gasteiger partial charge in [0.2, 0.25) is 0 Å². The summed E-state index contributed by atoms with van der Waals surface area (Å²) in [6.45, 7) is 35.7. The second kappa shape index (κ2) is 12.4. The van der Waals surface area contributed by atoms with Gasteiger partial charge in [0.15, 0.2) is 0 Å². The standard InChI is InChI=1S/C32H60N4P2/c1-29(2,3)25-17-23(21-37(27-19-33-13-15-35-27)28-20-34-14-16-36-28)24(18-26(25)30(4,5)6)22-38(31(7,8)9)32(10,11)12/h17-18,27-28,33-36H,13-16,19-22H2,1-12H3. The molecule has 0 amide bonds. The van der Waals surface area contributed by atoms with Crippen molar-refractivity contribution < 1.29 is 0 Å². The van der Waals surface area contributed by atoms with Crippen molar-refractivity contribution in [3.05, 3.63) is 34.4 Å². The zero-order valence-electron chi connectivity index (χ0n) is 26.9. The fraction of sp³-hybridized carbons (Fsp3) is 0.812. The van der Waals surface area contributed by atoms with Gasteiger partial charge in [0, 0.05) is 50.8 Å². The Hall–Kier alpha value is -0.0800. The van der Waals surface area contributed by atoms with Crippen molar-refractivity contribution in [3.63, 3.8) is 0 Å². The summed E-state index contributed by atoms with van der Waals surface area (Å²) in [6.07, 6.45) is 2.40. The topological polar surface area (TPSA) is 48.1 Å². The number of benzene rings is 1. The van der Waals surface area contributed by atoms with Crippen LogP contribution in [0.1, 0.15) is 105 Å². The Labute approximate surface area is 238 Å². The van der Waals surface area contributed by atoms with Gasteiger partial charge in [-0.2, -0.15) is 0 Å². The van der Waals surface area contributed by atoms with Crippen LogP contribution in [0.3, 0.4) is 0 Å². The van der Waals surface area contributed by atoms with Gasteiger partial charge in [-0.25, -0.2) is 0 Å².